The van der Waals surface area contributed by atoms with Crippen molar-refractivity contribution in [1.82, 2.24) is 20.0 Å². The van der Waals surface area contributed by atoms with Gasteiger partial charge in [-0.25, -0.2) is 4.99 Å². The van der Waals surface area contributed by atoms with E-state index in [-0.39, 0.29) is 18.4 Å². The first-order valence-corrected chi connectivity index (χ1v) is 9.07. The number of aliphatic imine (C=N–C) groups is 1. The molecule has 3 rings (SSSR count). The number of rotatable bonds is 3. The van der Waals surface area contributed by atoms with E-state index >= 15 is 0 Å². The first kappa shape index (κ1) is 19.7. The van der Waals surface area contributed by atoms with Crippen molar-refractivity contribution in [2.75, 3.05) is 25.5 Å². The summed E-state index contributed by atoms with van der Waals surface area (Å²) in [6.45, 7) is 5.42. The molecule has 0 radical (unpaired) electrons. The van der Waals surface area contributed by atoms with Crippen LogP contribution >= 0.6 is 0 Å². The predicted molar refractivity (Wildman–Crippen MR) is 98.3 cm³/mol. The third kappa shape index (κ3) is 4.11. The number of nitrogens with two attached hydrogens (primary N) is 1. The van der Waals surface area contributed by atoms with Crippen LogP contribution in [-0.2, 0) is 0 Å². The summed E-state index contributed by atoms with van der Waals surface area (Å²) < 4.78 is 41.5. The van der Waals surface area contributed by atoms with Gasteiger partial charge in [0, 0.05) is 18.9 Å². The highest BCUT2D eigenvalue weighted by molar-refractivity contribution is 5.95. The quantitative estimate of drug-likeness (QED) is 0.744. The van der Waals surface area contributed by atoms with Crippen molar-refractivity contribution in [2.24, 2.45) is 10.7 Å². The topological polar surface area (TPSA) is 83.5 Å². The molecular weight excluding hydrogens is 359 g/mol. The van der Waals surface area contributed by atoms with Gasteiger partial charge in [-0.15, -0.1) is 0 Å². The Morgan fingerprint density at radius 2 is 2.19 bits per heavy atom. The van der Waals surface area contributed by atoms with Gasteiger partial charge in [0.25, 0.3) is 0 Å². The molecule has 1 saturated heterocycles. The molecule has 0 aliphatic carbocycles. The number of hydrogen-bond donors (Lipinski definition) is 3. The van der Waals surface area contributed by atoms with Crippen molar-refractivity contribution in [3.8, 4) is 0 Å². The zero-order chi connectivity index (χ0) is 19.8. The van der Waals surface area contributed by atoms with Gasteiger partial charge in [-0.3, -0.25) is 4.68 Å². The molecule has 2 aliphatic rings. The number of likely N-dealkylation sites (tertiary alicyclic amines) is 1. The maximum Gasteiger partial charge on any atom is 0.417 e. The Bertz CT molecular complexity index is 752. The fourth-order valence-corrected chi connectivity index (χ4v) is 3.49. The number of likely N-dealkylation sites (N-methyl/N-ethyl adjacent to an activating group) is 1. The van der Waals surface area contributed by atoms with E-state index in [1.807, 2.05) is 17.8 Å². The van der Waals surface area contributed by atoms with E-state index in [2.05, 4.69) is 32.7 Å². The number of piperidine rings is 1. The van der Waals surface area contributed by atoms with Crippen LogP contribution < -0.4 is 16.4 Å². The van der Waals surface area contributed by atoms with Crippen LogP contribution in [0.25, 0.3) is 0 Å². The third-order valence-electron chi connectivity index (χ3n) is 5.12. The van der Waals surface area contributed by atoms with E-state index in [9.17, 15) is 13.2 Å². The third-order valence-corrected chi connectivity index (χ3v) is 5.12. The van der Waals surface area contributed by atoms with E-state index in [4.69, 9.17) is 5.73 Å². The second-order valence-corrected chi connectivity index (χ2v) is 7.23. The monoisotopic (exact) mass is 385 g/mol. The van der Waals surface area contributed by atoms with Crippen LogP contribution in [0, 0.1) is 6.92 Å². The lowest BCUT2D eigenvalue weighted by atomic mass is 9.97. The normalized spacial score (nSPS) is 27.0. The smallest absolute Gasteiger partial charge is 0.332 e. The average Bonchev–Trinajstić information content (AvgIpc) is 2.94. The summed E-state index contributed by atoms with van der Waals surface area (Å²) in [6, 6.07) is 0.278. The Morgan fingerprint density at radius 3 is 2.81 bits per heavy atom. The molecule has 150 valence electrons. The zero-order valence-corrected chi connectivity index (χ0v) is 15.8. The predicted octanol–water partition coefficient (Wildman–Crippen LogP) is 2.34. The molecule has 1 unspecified atom stereocenters. The maximum absolute atomic E-state index is 13.2. The number of anilines is 1. The molecule has 0 bridgehead atoms. The number of halogens is 3. The summed E-state index contributed by atoms with van der Waals surface area (Å²) in [5, 5.41) is 10.2. The lowest BCUT2D eigenvalue weighted by molar-refractivity contribution is -0.101. The molecule has 0 saturated carbocycles. The lowest BCUT2D eigenvalue weighted by Crippen LogP contribution is -2.51. The SMILES string of the molecule is CCC1(N)N=C(Nc2cn([C@H]3CCCN(C)C3)nc2C)NC=C1C(F)(F)F. The largest absolute Gasteiger partial charge is 0.417 e. The summed E-state index contributed by atoms with van der Waals surface area (Å²) in [4.78, 5) is 6.35. The molecule has 0 aromatic carbocycles. The van der Waals surface area contributed by atoms with Crippen molar-refractivity contribution in [2.45, 2.75) is 51.0 Å². The van der Waals surface area contributed by atoms with Crippen LogP contribution in [0.1, 0.15) is 37.9 Å². The summed E-state index contributed by atoms with van der Waals surface area (Å²) in [6.07, 6.45) is 0.390. The van der Waals surface area contributed by atoms with Crippen molar-refractivity contribution in [3.63, 3.8) is 0 Å². The lowest BCUT2D eigenvalue weighted by Gasteiger charge is -2.32. The highest BCUT2D eigenvalue weighted by atomic mass is 19.4. The Hall–Kier alpha value is -2.07. The van der Waals surface area contributed by atoms with Crippen molar-refractivity contribution in [3.05, 3.63) is 23.7 Å². The maximum atomic E-state index is 13.2. The molecule has 0 amide bonds. The first-order chi connectivity index (χ1) is 12.6. The summed E-state index contributed by atoms with van der Waals surface area (Å²) in [5.74, 6) is 0.177. The first-order valence-electron chi connectivity index (χ1n) is 9.07. The molecule has 4 N–H and O–H groups in total. The molecule has 2 atom stereocenters. The minimum absolute atomic E-state index is 0.0257. The van der Waals surface area contributed by atoms with Gasteiger partial charge in [0.1, 0.15) is 5.66 Å². The summed E-state index contributed by atoms with van der Waals surface area (Å²) in [5.41, 5.74) is 4.66. The highest BCUT2D eigenvalue weighted by Crippen LogP contribution is 2.36. The molecule has 1 aromatic heterocycles. The molecule has 3 heterocycles. The number of nitrogens with one attached hydrogen (secondary N) is 2. The van der Waals surface area contributed by atoms with E-state index in [0.717, 1.165) is 37.8 Å². The molecule has 10 heteroatoms. The number of aromatic nitrogens is 2. The molecule has 27 heavy (non-hydrogen) atoms. The van der Waals surface area contributed by atoms with Gasteiger partial charge in [-0.2, -0.15) is 18.3 Å². The van der Waals surface area contributed by atoms with Crippen LogP contribution in [0.4, 0.5) is 18.9 Å². The zero-order valence-electron chi connectivity index (χ0n) is 15.8. The van der Waals surface area contributed by atoms with Gasteiger partial charge in [0.15, 0.2) is 0 Å². The molecule has 1 fully saturated rings. The minimum Gasteiger partial charge on any atom is -0.332 e. The van der Waals surface area contributed by atoms with Crippen LogP contribution in [0.5, 0.6) is 0 Å². The second-order valence-electron chi connectivity index (χ2n) is 7.23. The fourth-order valence-electron chi connectivity index (χ4n) is 3.49. The number of aryl methyl sites for hydroxylation is 1. The summed E-state index contributed by atoms with van der Waals surface area (Å²) >= 11 is 0. The highest BCUT2D eigenvalue weighted by Gasteiger charge is 2.47. The summed E-state index contributed by atoms with van der Waals surface area (Å²) in [7, 11) is 2.08. The second kappa shape index (κ2) is 7.16. The Labute approximate surface area is 156 Å². The van der Waals surface area contributed by atoms with Crippen LogP contribution in [-0.4, -0.2) is 52.6 Å². The molecule has 2 aliphatic heterocycles. The van der Waals surface area contributed by atoms with Crippen molar-refractivity contribution < 1.29 is 13.2 Å². The van der Waals surface area contributed by atoms with E-state index < -0.39 is 17.4 Å². The Morgan fingerprint density at radius 1 is 1.44 bits per heavy atom. The fraction of sp³-hybridized carbons (Fsp3) is 0.647. The van der Waals surface area contributed by atoms with Crippen LogP contribution in [0.3, 0.4) is 0 Å². The van der Waals surface area contributed by atoms with Gasteiger partial charge in [-0.1, -0.05) is 6.92 Å². The van der Waals surface area contributed by atoms with E-state index in [0.29, 0.717) is 5.69 Å². The van der Waals surface area contributed by atoms with E-state index in [1.54, 1.807) is 6.92 Å². The van der Waals surface area contributed by atoms with E-state index in [1.165, 1.54) is 0 Å². The van der Waals surface area contributed by atoms with Gasteiger partial charge in [-0.05, 0) is 39.8 Å². The van der Waals surface area contributed by atoms with Gasteiger partial charge in [0.05, 0.1) is 23.0 Å². The average molecular weight is 385 g/mol. The Balaban J connectivity index is 1.78. The molecular formula is C17H26F3N7. The van der Waals surface area contributed by atoms with Gasteiger partial charge < -0.3 is 21.3 Å². The number of alkyl halides is 3. The van der Waals surface area contributed by atoms with Crippen LogP contribution in [0.15, 0.2) is 23.0 Å². The standard InChI is InChI=1S/C17H26F3N7/c1-4-16(21)14(17(18,19)20)8-22-15(24-16)23-13-10-27(25-11(13)2)12-6-5-7-26(3)9-12/h8,10,12H,4-7,9,21H2,1-3H3,(H2,22,23,24)/t12-,16?/m0/s1. The molecule has 1 aromatic rings. The van der Waals surface area contributed by atoms with Crippen molar-refractivity contribution >= 4 is 11.6 Å². The van der Waals surface area contributed by atoms with Crippen molar-refractivity contribution in [1.29, 1.82) is 0 Å². The van der Waals surface area contributed by atoms with Crippen LogP contribution in [0.2, 0.25) is 0 Å². The molecule has 0 spiro atoms. The molecule has 7 nitrogen and oxygen atoms in total. The van der Waals surface area contributed by atoms with Gasteiger partial charge in [0.2, 0.25) is 5.96 Å². The minimum atomic E-state index is -4.54. The number of guanidine groups is 1. The Kier molecular flexibility index (Phi) is 5.22. The number of nitrogens with zero attached hydrogens (tertiary/aromatic N) is 4. The van der Waals surface area contributed by atoms with Gasteiger partial charge >= 0.3 is 6.18 Å². The number of hydrogen-bond acceptors (Lipinski definition) is 6.